The maximum absolute atomic E-state index is 12.2. The molecule has 1 amide bonds. The topological polar surface area (TPSA) is 65.1 Å². The highest BCUT2D eigenvalue weighted by Gasteiger charge is 2.28. The summed E-state index contributed by atoms with van der Waals surface area (Å²) in [4.78, 5) is 25.9. The molecule has 0 radical (unpaired) electrons. The molecule has 1 aliphatic heterocycles. The molecule has 0 unspecified atom stereocenters. The molecule has 150 valence electrons. The van der Waals surface area contributed by atoms with Crippen LogP contribution in [0.2, 0.25) is 0 Å². The van der Waals surface area contributed by atoms with E-state index in [1.165, 1.54) is 7.11 Å². The maximum atomic E-state index is 12.2. The van der Waals surface area contributed by atoms with Crippen LogP contribution in [0.4, 0.5) is 4.79 Å². The third-order valence-corrected chi connectivity index (χ3v) is 4.63. The van der Waals surface area contributed by atoms with Gasteiger partial charge >= 0.3 is 12.1 Å². The fourth-order valence-corrected chi connectivity index (χ4v) is 3.27. The first-order valence-corrected chi connectivity index (χ1v) is 9.52. The van der Waals surface area contributed by atoms with Crippen LogP contribution >= 0.6 is 0 Å². The SMILES string of the molecule is COC(=O)c1cc(OC2CCN(C(=O)OC(C)(C)C)CC2)c2ccccc2c1. The number of methoxy groups -OCH3 is 1. The Morgan fingerprint density at radius 2 is 1.75 bits per heavy atom. The van der Waals surface area contributed by atoms with Gasteiger partial charge in [-0.05, 0) is 38.3 Å². The minimum absolute atomic E-state index is 0.0324. The maximum Gasteiger partial charge on any atom is 0.410 e. The van der Waals surface area contributed by atoms with Crippen molar-refractivity contribution in [2.75, 3.05) is 20.2 Å². The first kappa shape index (κ1) is 20.0. The largest absolute Gasteiger partial charge is 0.490 e. The third kappa shape index (κ3) is 4.74. The van der Waals surface area contributed by atoms with Gasteiger partial charge in [0, 0.05) is 31.3 Å². The molecule has 28 heavy (non-hydrogen) atoms. The fourth-order valence-electron chi connectivity index (χ4n) is 3.27. The molecule has 6 heteroatoms. The molecule has 0 saturated carbocycles. The van der Waals surface area contributed by atoms with E-state index >= 15 is 0 Å². The summed E-state index contributed by atoms with van der Waals surface area (Å²) in [5, 5.41) is 1.87. The van der Waals surface area contributed by atoms with E-state index in [0.29, 0.717) is 37.2 Å². The van der Waals surface area contributed by atoms with Crippen molar-refractivity contribution in [1.82, 2.24) is 4.90 Å². The molecule has 0 bridgehead atoms. The van der Waals surface area contributed by atoms with Crippen molar-refractivity contribution in [2.45, 2.75) is 45.3 Å². The smallest absolute Gasteiger partial charge is 0.410 e. The second-order valence-electron chi connectivity index (χ2n) is 7.97. The molecule has 1 aliphatic rings. The molecule has 2 aromatic carbocycles. The molecule has 0 N–H and O–H groups in total. The highest BCUT2D eigenvalue weighted by Crippen LogP contribution is 2.30. The lowest BCUT2D eigenvalue weighted by Gasteiger charge is -2.33. The second-order valence-corrected chi connectivity index (χ2v) is 7.97. The van der Waals surface area contributed by atoms with E-state index in [-0.39, 0.29) is 12.2 Å². The van der Waals surface area contributed by atoms with Crippen LogP contribution in [-0.4, -0.2) is 48.9 Å². The highest BCUT2D eigenvalue weighted by atomic mass is 16.6. The van der Waals surface area contributed by atoms with Gasteiger partial charge in [0.2, 0.25) is 0 Å². The van der Waals surface area contributed by atoms with Crippen LogP contribution in [0.15, 0.2) is 36.4 Å². The van der Waals surface area contributed by atoms with Crippen LogP contribution in [0.5, 0.6) is 5.75 Å². The van der Waals surface area contributed by atoms with Gasteiger partial charge in [-0.1, -0.05) is 24.3 Å². The number of amides is 1. The van der Waals surface area contributed by atoms with Gasteiger partial charge in [0.25, 0.3) is 0 Å². The number of hydrogen-bond acceptors (Lipinski definition) is 5. The second kappa shape index (κ2) is 8.09. The lowest BCUT2D eigenvalue weighted by atomic mass is 10.0. The summed E-state index contributed by atoms with van der Waals surface area (Å²) in [5.41, 5.74) is -0.0418. The van der Waals surface area contributed by atoms with Gasteiger partial charge in [0.1, 0.15) is 17.5 Å². The van der Waals surface area contributed by atoms with Gasteiger partial charge in [-0.2, -0.15) is 0 Å². The normalized spacial score (nSPS) is 15.4. The van der Waals surface area contributed by atoms with Crippen molar-refractivity contribution in [1.29, 1.82) is 0 Å². The minimum atomic E-state index is -0.502. The molecule has 1 saturated heterocycles. The molecule has 1 fully saturated rings. The number of carbonyl (C=O) groups excluding carboxylic acids is 2. The zero-order valence-corrected chi connectivity index (χ0v) is 16.9. The monoisotopic (exact) mass is 385 g/mol. The Bertz CT molecular complexity index is 863. The molecule has 3 rings (SSSR count). The lowest BCUT2D eigenvalue weighted by molar-refractivity contribution is 0.0127. The fraction of sp³-hybridized carbons (Fsp3) is 0.455. The third-order valence-electron chi connectivity index (χ3n) is 4.63. The number of rotatable bonds is 3. The zero-order chi connectivity index (χ0) is 20.3. The number of likely N-dealkylation sites (tertiary alicyclic amines) is 1. The molecule has 0 aliphatic carbocycles. The predicted molar refractivity (Wildman–Crippen MR) is 107 cm³/mol. The van der Waals surface area contributed by atoms with Crippen molar-refractivity contribution < 1.29 is 23.8 Å². The highest BCUT2D eigenvalue weighted by molar-refractivity contribution is 5.98. The summed E-state index contributed by atoms with van der Waals surface area (Å²) in [6.45, 7) is 6.74. The lowest BCUT2D eigenvalue weighted by Crippen LogP contribution is -2.44. The number of nitrogens with zero attached hydrogens (tertiary/aromatic N) is 1. The summed E-state index contributed by atoms with van der Waals surface area (Å²) in [6.07, 6.45) is 1.09. The van der Waals surface area contributed by atoms with E-state index in [1.54, 1.807) is 17.0 Å². The van der Waals surface area contributed by atoms with Crippen LogP contribution in [0.25, 0.3) is 10.8 Å². The van der Waals surface area contributed by atoms with E-state index in [9.17, 15) is 9.59 Å². The Hall–Kier alpha value is -2.76. The van der Waals surface area contributed by atoms with Crippen LogP contribution in [-0.2, 0) is 9.47 Å². The van der Waals surface area contributed by atoms with Crippen molar-refractivity contribution in [3.05, 3.63) is 42.0 Å². The van der Waals surface area contributed by atoms with Gasteiger partial charge < -0.3 is 19.1 Å². The zero-order valence-electron chi connectivity index (χ0n) is 16.9. The predicted octanol–water partition coefficient (Wildman–Crippen LogP) is 4.40. The molecular weight excluding hydrogens is 358 g/mol. The van der Waals surface area contributed by atoms with Gasteiger partial charge in [0.15, 0.2) is 0 Å². The van der Waals surface area contributed by atoms with E-state index < -0.39 is 11.6 Å². The minimum Gasteiger partial charge on any atom is -0.490 e. The Balaban J connectivity index is 1.72. The van der Waals surface area contributed by atoms with Crippen LogP contribution in [0, 0.1) is 0 Å². The Morgan fingerprint density at radius 3 is 2.39 bits per heavy atom. The molecule has 0 spiro atoms. The van der Waals surface area contributed by atoms with Crippen LogP contribution < -0.4 is 4.74 Å². The van der Waals surface area contributed by atoms with Crippen LogP contribution in [0.3, 0.4) is 0 Å². The number of carbonyl (C=O) groups is 2. The average molecular weight is 385 g/mol. The standard InChI is InChI=1S/C22H27NO5/c1-22(2,3)28-21(25)23-11-9-17(10-12-23)27-19-14-16(20(24)26-4)13-15-7-5-6-8-18(15)19/h5-8,13-14,17H,9-12H2,1-4H3. The van der Waals surface area contributed by atoms with E-state index in [4.69, 9.17) is 14.2 Å². The van der Waals surface area contributed by atoms with Gasteiger partial charge in [-0.15, -0.1) is 0 Å². The molecule has 2 aromatic rings. The van der Waals surface area contributed by atoms with Gasteiger partial charge in [-0.3, -0.25) is 0 Å². The number of hydrogen-bond donors (Lipinski definition) is 0. The molecule has 6 nitrogen and oxygen atoms in total. The van der Waals surface area contributed by atoms with Crippen molar-refractivity contribution in [2.24, 2.45) is 0 Å². The number of ether oxygens (including phenoxy) is 3. The summed E-state index contributed by atoms with van der Waals surface area (Å²) < 4.78 is 16.5. The number of piperidine rings is 1. The molecular formula is C22H27NO5. The molecule has 0 atom stereocenters. The van der Waals surface area contributed by atoms with Crippen molar-refractivity contribution >= 4 is 22.8 Å². The van der Waals surface area contributed by atoms with Crippen molar-refractivity contribution in [3.8, 4) is 5.75 Å². The first-order valence-electron chi connectivity index (χ1n) is 9.52. The van der Waals surface area contributed by atoms with E-state index in [1.807, 2.05) is 45.0 Å². The Kier molecular flexibility index (Phi) is 5.77. The van der Waals surface area contributed by atoms with Crippen LogP contribution in [0.1, 0.15) is 44.0 Å². The number of benzene rings is 2. The van der Waals surface area contributed by atoms with E-state index in [2.05, 4.69) is 0 Å². The molecule has 1 heterocycles. The number of esters is 1. The summed E-state index contributed by atoms with van der Waals surface area (Å²) in [6, 6.07) is 11.3. The van der Waals surface area contributed by atoms with E-state index in [0.717, 1.165) is 10.8 Å². The van der Waals surface area contributed by atoms with Gasteiger partial charge in [-0.25, -0.2) is 9.59 Å². The summed E-state index contributed by atoms with van der Waals surface area (Å²) in [5.74, 6) is 0.268. The number of fused-ring (bicyclic) bond motifs is 1. The van der Waals surface area contributed by atoms with Gasteiger partial charge in [0.05, 0.1) is 12.7 Å². The Morgan fingerprint density at radius 1 is 1.07 bits per heavy atom. The quantitative estimate of drug-likeness (QED) is 0.733. The molecule has 0 aromatic heterocycles. The summed E-state index contributed by atoms with van der Waals surface area (Å²) in [7, 11) is 1.37. The van der Waals surface area contributed by atoms with Crippen molar-refractivity contribution in [3.63, 3.8) is 0 Å². The Labute approximate surface area is 165 Å². The summed E-state index contributed by atoms with van der Waals surface area (Å²) >= 11 is 0. The first-order chi connectivity index (χ1) is 13.3. The average Bonchev–Trinajstić information content (AvgIpc) is 2.66.